The van der Waals surface area contributed by atoms with Gasteiger partial charge in [-0.3, -0.25) is 0 Å². The minimum atomic E-state index is -3.68. The van der Waals surface area contributed by atoms with Gasteiger partial charge in [-0.2, -0.15) is 12.8 Å². The molecule has 124 valence electrons. The molecule has 1 aromatic rings. The van der Waals surface area contributed by atoms with Gasteiger partial charge >= 0.3 is 0 Å². The van der Waals surface area contributed by atoms with Gasteiger partial charge in [0.15, 0.2) is 0 Å². The Hall–Kier alpha value is -1.46. The van der Waals surface area contributed by atoms with Crippen LogP contribution in [0.25, 0.3) is 0 Å². The van der Waals surface area contributed by atoms with Gasteiger partial charge in [-0.05, 0) is 38.8 Å². The number of allylic oxidation sites excluding steroid dienone is 1. The fraction of sp³-hybridized carbons (Fsp3) is 0.500. The number of rotatable bonds is 4. The minimum absolute atomic E-state index is 0.0498. The predicted octanol–water partition coefficient (Wildman–Crippen LogP) is 3.52. The van der Waals surface area contributed by atoms with Crippen LogP contribution in [0.2, 0.25) is 0 Å². The van der Waals surface area contributed by atoms with Crippen LogP contribution in [-0.2, 0) is 14.8 Å². The summed E-state index contributed by atoms with van der Waals surface area (Å²) in [7, 11) is -3.68. The molecular formula is C18H23NO3S. The lowest BCUT2D eigenvalue weighted by Gasteiger charge is -2.54. The quantitative estimate of drug-likeness (QED) is 0.792. The molecule has 2 aliphatic rings. The van der Waals surface area contributed by atoms with E-state index in [-0.39, 0.29) is 21.8 Å². The van der Waals surface area contributed by atoms with Crippen LogP contribution in [0.5, 0.6) is 0 Å². The third-order valence-corrected chi connectivity index (χ3v) is 6.84. The molecule has 1 heterocycles. The molecule has 2 unspecified atom stereocenters. The van der Waals surface area contributed by atoms with E-state index in [4.69, 9.17) is 4.74 Å². The van der Waals surface area contributed by atoms with E-state index in [1.54, 1.807) is 24.3 Å². The lowest BCUT2D eigenvalue weighted by molar-refractivity contribution is 0.0842. The SMILES string of the molecule is C=CCC12C(=NS(=O)(=O)c3ccc(C)cc3)CC1(C)CO[C@@H]2C. The summed E-state index contributed by atoms with van der Waals surface area (Å²) < 4.78 is 35.3. The molecule has 0 spiro atoms. The molecule has 5 heteroatoms. The van der Waals surface area contributed by atoms with Crippen LogP contribution in [0.4, 0.5) is 0 Å². The summed E-state index contributed by atoms with van der Waals surface area (Å²) in [5, 5.41) is 0. The summed E-state index contributed by atoms with van der Waals surface area (Å²) in [4.78, 5) is 0.240. The smallest absolute Gasteiger partial charge is 0.282 e. The van der Waals surface area contributed by atoms with Crippen LogP contribution >= 0.6 is 0 Å². The molecule has 3 atom stereocenters. The first-order valence-electron chi connectivity index (χ1n) is 7.89. The summed E-state index contributed by atoms with van der Waals surface area (Å²) in [5.41, 5.74) is 1.36. The number of fused-ring (bicyclic) bond motifs is 1. The van der Waals surface area contributed by atoms with Crippen LogP contribution < -0.4 is 0 Å². The first-order chi connectivity index (χ1) is 10.7. The van der Waals surface area contributed by atoms with Crippen molar-refractivity contribution in [3.63, 3.8) is 0 Å². The summed E-state index contributed by atoms with van der Waals surface area (Å²) in [5.74, 6) is 0. The summed E-state index contributed by atoms with van der Waals surface area (Å²) in [6, 6.07) is 6.81. The van der Waals surface area contributed by atoms with E-state index in [1.165, 1.54) is 0 Å². The van der Waals surface area contributed by atoms with Crippen molar-refractivity contribution in [2.75, 3.05) is 6.61 Å². The highest BCUT2D eigenvalue weighted by molar-refractivity contribution is 7.90. The Kier molecular flexibility index (Phi) is 3.76. The molecule has 1 saturated carbocycles. The van der Waals surface area contributed by atoms with Crippen molar-refractivity contribution in [3.8, 4) is 0 Å². The lowest BCUT2D eigenvalue weighted by atomic mass is 9.47. The van der Waals surface area contributed by atoms with E-state index in [1.807, 2.05) is 19.9 Å². The third-order valence-electron chi connectivity index (χ3n) is 5.51. The highest BCUT2D eigenvalue weighted by atomic mass is 32.2. The van der Waals surface area contributed by atoms with E-state index < -0.39 is 10.0 Å². The number of aryl methyl sites for hydroxylation is 1. The Morgan fingerprint density at radius 1 is 1.39 bits per heavy atom. The van der Waals surface area contributed by atoms with Gasteiger partial charge in [-0.25, -0.2) is 0 Å². The van der Waals surface area contributed by atoms with Crippen molar-refractivity contribution in [1.82, 2.24) is 0 Å². The van der Waals surface area contributed by atoms with E-state index in [0.29, 0.717) is 19.4 Å². The van der Waals surface area contributed by atoms with Crippen molar-refractivity contribution < 1.29 is 13.2 Å². The maximum Gasteiger partial charge on any atom is 0.282 e. The van der Waals surface area contributed by atoms with Crippen LogP contribution in [0.3, 0.4) is 0 Å². The Morgan fingerprint density at radius 2 is 2.04 bits per heavy atom. The molecular weight excluding hydrogens is 310 g/mol. The maximum atomic E-state index is 12.6. The second kappa shape index (κ2) is 5.28. The van der Waals surface area contributed by atoms with E-state index in [2.05, 4.69) is 17.9 Å². The Balaban J connectivity index is 2.02. The van der Waals surface area contributed by atoms with Crippen molar-refractivity contribution in [2.45, 2.75) is 44.6 Å². The molecule has 0 amide bonds. The average Bonchev–Trinajstić information content (AvgIpc) is 2.67. The second-order valence-corrected chi connectivity index (χ2v) is 8.59. The second-order valence-electron chi connectivity index (χ2n) is 6.98. The van der Waals surface area contributed by atoms with Gasteiger partial charge in [-0.1, -0.05) is 30.7 Å². The van der Waals surface area contributed by atoms with Crippen LogP contribution in [0.1, 0.15) is 32.3 Å². The zero-order valence-electron chi connectivity index (χ0n) is 13.9. The summed E-state index contributed by atoms with van der Waals surface area (Å²) in [6.07, 6.45) is 3.14. The van der Waals surface area contributed by atoms with Gasteiger partial charge < -0.3 is 4.74 Å². The first kappa shape index (κ1) is 16.4. The average molecular weight is 333 g/mol. The van der Waals surface area contributed by atoms with Gasteiger partial charge in [0.05, 0.1) is 17.6 Å². The largest absolute Gasteiger partial charge is 0.377 e. The molecule has 23 heavy (non-hydrogen) atoms. The van der Waals surface area contributed by atoms with E-state index in [0.717, 1.165) is 11.3 Å². The van der Waals surface area contributed by atoms with Crippen molar-refractivity contribution in [3.05, 3.63) is 42.5 Å². The summed E-state index contributed by atoms with van der Waals surface area (Å²) in [6.45, 7) is 10.6. The topological polar surface area (TPSA) is 55.7 Å². The van der Waals surface area contributed by atoms with Crippen molar-refractivity contribution >= 4 is 15.7 Å². The van der Waals surface area contributed by atoms with Gasteiger partial charge in [0.25, 0.3) is 10.0 Å². The molecule has 1 aromatic carbocycles. The number of nitrogens with zero attached hydrogens (tertiary/aromatic N) is 1. The van der Waals surface area contributed by atoms with Crippen molar-refractivity contribution in [2.24, 2.45) is 15.2 Å². The highest BCUT2D eigenvalue weighted by Crippen LogP contribution is 2.63. The van der Waals surface area contributed by atoms with E-state index in [9.17, 15) is 8.42 Å². The molecule has 3 rings (SSSR count). The van der Waals surface area contributed by atoms with Crippen LogP contribution in [0.15, 0.2) is 46.2 Å². The number of hydrogen-bond acceptors (Lipinski definition) is 3. The number of sulfonamides is 1. The predicted molar refractivity (Wildman–Crippen MR) is 91.2 cm³/mol. The molecule has 0 aromatic heterocycles. The van der Waals surface area contributed by atoms with Gasteiger partial charge in [-0.15, -0.1) is 6.58 Å². The van der Waals surface area contributed by atoms with Crippen molar-refractivity contribution in [1.29, 1.82) is 0 Å². The Morgan fingerprint density at radius 3 is 2.61 bits per heavy atom. The molecule has 4 nitrogen and oxygen atoms in total. The first-order valence-corrected chi connectivity index (χ1v) is 9.33. The van der Waals surface area contributed by atoms with Gasteiger partial charge in [0.2, 0.25) is 0 Å². The number of ether oxygens (including phenoxy) is 1. The molecule has 0 N–H and O–H groups in total. The van der Waals surface area contributed by atoms with Gasteiger partial charge in [0, 0.05) is 16.5 Å². The molecule has 1 aliphatic heterocycles. The molecule has 2 fully saturated rings. The lowest BCUT2D eigenvalue weighted by Crippen LogP contribution is -2.59. The van der Waals surface area contributed by atoms with Crippen LogP contribution in [-0.4, -0.2) is 26.8 Å². The normalized spacial score (nSPS) is 34.9. The standard InChI is InChI=1S/C18H23NO3S/c1-5-10-18-14(3)22-12-17(18,4)11-16(18)19-23(20,21)15-8-6-13(2)7-9-15/h5-9,14H,1,10-12H2,2-4H3/t14-,17?,18?/m1/s1. The molecule has 0 bridgehead atoms. The molecule has 1 aliphatic carbocycles. The fourth-order valence-electron chi connectivity index (χ4n) is 4.06. The zero-order valence-corrected chi connectivity index (χ0v) is 14.7. The number of benzene rings is 1. The van der Waals surface area contributed by atoms with E-state index >= 15 is 0 Å². The van der Waals surface area contributed by atoms with Gasteiger partial charge in [0.1, 0.15) is 0 Å². The molecule has 0 radical (unpaired) electrons. The zero-order chi connectivity index (χ0) is 16.9. The number of hydrogen-bond donors (Lipinski definition) is 0. The Bertz CT molecular complexity index is 766. The minimum Gasteiger partial charge on any atom is -0.377 e. The highest BCUT2D eigenvalue weighted by Gasteiger charge is 2.67. The monoisotopic (exact) mass is 333 g/mol. The Labute approximate surface area is 138 Å². The fourth-order valence-corrected chi connectivity index (χ4v) is 5.17. The third kappa shape index (κ3) is 2.29. The maximum absolute atomic E-state index is 12.6. The molecule has 1 saturated heterocycles. The van der Waals surface area contributed by atoms with Crippen LogP contribution in [0, 0.1) is 17.8 Å². The summed E-state index contributed by atoms with van der Waals surface area (Å²) >= 11 is 0.